The monoisotopic (exact) mass is 203 g/mol. The minimum atomic E-state index is -2.77. The smallest absolute Gasteiger partial charge is 0.225 e. The first-order valence-electron chi connectivity index (χ1n) is 3.62. The molecule has 0 unspecified atom stereocenters. The van der Waals surface area contributed by atoms with E-state index in [1.54, 1.807) is 0 Å². The average Bonchev–Trinajstić information content (AvgIpc) is 2.06. The summed E-state index contributed by atoms with van der Waals surface area (Å²) < 4.78 is 18.9. The van der Waals surface area contributed by atoms with E-state index in [1.165, 1.54) is 5.56 Å². The third-order valence-corrected chi connectivity index (χ3v) is 1.65. The van der Waals surface area contributed by atoms with Gasteiger partial charge >= 0.3 is 0 Å². The Bertz CT molecular complexity index is 288. The average molecular weight is 203 g/mol. The highest BCUT2D eigenvalue weighted by Crippen LogP contribution is 1.92. The summed E-state index contributed by atoms with van der Waals surface area (Å²) in [5, 5.41) is 7.87. The van der Waals surface area contributed by atoms with Gasteiger partial charge in [0.2, 0.25) is 10.9 Å². The van der Waals surface area contributed by atoms with Gasteiger partial charge in [-0.1, -0.05) is 40.4 Å². The summed E-state index contributed by atoms with van der Waals surface area (Å²) in [4.78, 5) is 0. The third kappa shape index (κ3) is 7.45. The van der Waals surface area contributed by atoms with Crippen LogP contribution in [0.4, 0.5) is 0 Å². The van der Waals surface area contributed by atoms with Crippen molar-refractivity contribution in [3.05, 3.63) is 35.9 Å². The van der Waals surface area contributed by atoms with Gasteiger partial charge in [-0.2, -0.15) is 0 Å². The zero-order chi connectivity index (χ0) is 10.3. The molecule has 0 saturated carbocycles. The van der Waals surface area contributed by atoms with E-state index in [0.29, 0.717) is 0 Å². The van der Waals surface area contributed by atoms with Gasteiger partial charge in [0.15, 0.2) is 0 Å². The molecular formula is C8H13NO3S. The van der Waals surface area contributed by atoms with Crippen LogP contribution in [0.15, 0.2) is 30.3 Å². The minimum Gasteiger partial charge on any atom is -0.300 e. The van der Waals surface area contributed by atoms with E-state index in [2.05, 4.69) is 19.1 Å². The lowest BCUT2D eigenvalue weighted by molar-refractivity contribution is 0.0358. The maximum atomic E-state index is 9.41. The summed E-state index contributed by atoms with van der Waals surface area (Å²) in [6.45, 7) is 2.08. The number of hydroxylamine groups is 1. The molecule has 0 aliphatic carbocycles. The van der Waals surface area contributed by atoms with Crippen LogP contribution in [0.25, 0.3) is 0 Å². The molecule has 0 amide bonds. The van der Waals surface area contributed by atoms with E-state index < -0.39 is 10.9 Å². The molecule has 0 aromatic heterocycles. The van der Waals surface area contributed by atoms with Crippen LogP contribution in [-0.2, 0) is 10.9 Å². The van der Waals surface area contributed by atoms with Gasteiger partial charge in [-0.15, -0.1) is 0 Å². The van der Waals surface area contributed by atoms with Crippen molar-refractivity contribution in [3.8, 4) is 0 Å². The van der Waals surface area contributed by atoms with Crippen molar-refractivity contribution < 1.29 is 13.6 Å². The summed E-state index contributed by atoms with van der Waals surface area (Å²) in [6.07, 6.45) is 0. The van der Waals surface area contributed by atoms with Gasteiger partial charge in [-0.3, -0.25) is 5.21 Å². The molecule has 4 nitrogen and oxygen atoms in total. The van der Waals surface area contributed by atoms with Crippen LogP contribution in [0.5, 0.6) is 0 Å². The van der Waals surface area contributed by atoms with E-state index in [0.717, 1.165) is 7.05 Å². The lowest BCUT2D eigenvalue weighted by atomic mass is 10.2. The van der Waals surface area contributed by atoms with Crippen LogP contribution in [-0.4, -0.2) is 25.1 Å². The highest BCUT2D eigenvalue weighted by atomic mass is 32.2. The van der Waals surface area contributed by atoms with Gasteiger partial charge in [0.25, 0.3) is 0 Å². The van der Waals surface area contributed by atoms with Crippen LogP contribution in [0.3, 0.4) is 0 Å². The SMILES string of the molecule is CN(O)[SH](=O)=O.Cc1ccccc1. The number of thiol groups is 1. The van der Waals surface area contributed by atoms with Crippen molar-refractivity contribution in [2.24, 2.45) is 0 Å². The molecule has 0 saturated heterocycles. The first-order valence-corrected chi connectivity index (χ1v) is 4.75. The molecule has 0 bridgehead atoms. The molecule has 13 heavy (non-hydrogen) atoms. The predicted octanol–water partition coefficient (Wildman–Crippen LogP) is 0.829. The van der Waals surface area contributed by atoms with E-state index in [4.69, 9.17) is 5.21 Å². The Morgan fingerprint density at radius 1 is 1.23 bits per heavy atom. The van der Waals surface area contributed by atoms with Gasteiger partial charge in [0.1, 0.15) is 0 Å². The summed E-state index contributed by atoms with van der Waals surface area (Å²) in [7, 11) is -1.74. The standard InChI is InChI=1S/C7H8.CH5NO3S/c1-7-5-3-2-4-6-7;1-2(3)6(4)5/h2-6H,1H3;3,6H,1H3. The molecule has 0 spiro atoms. The second-order valence-corrected chi connectivity index (χ2v) is 3.44. The fraction of sp³-hybridized carbons (Fsp3) is 0.250. The molecule has 5 heteroatoms. The highest BCUT2D eigenvalue weighted by Gasteiger charge is 1.83. The van der Waals surface area contributed by atoms with Gasteiger partial charge in [-0.05, 0) is 6.92 Å². The van der Waals surface area contributed by atoms with Crippen molar-refractivity contribution in [3.63, 3.8) is 0 Å². The molecule has 1 aromatic rings. The number of hydrogen-bond donors (Lipinski definition) is 2. The van der Waals surface area contributed by atoms with Crippen molar-refractivity contribution in [1.29, 1.82) is 0 Å². The number of nitrogens with zero attached hydrogens (tertiary/aromatic N) is 1. The normalized spacial score (nSPS) is 9.62. The fourth-order valence-corrected chi connectivity index (χ4v) is 0.534. The fourth-order valence-electron chi connectivity index (χ4n) is 0.534. The summed E-state index contributed by atoms with van der Waals surface area (Å²) in [6, 6.07) is 10.3. The Morgan fingerprint density at radius 3 is 1.77 bits per heavy atom. The molecule has 0 radical (unpaired) electrons. The predicted molar refractivity (Wildman–Crippen MR) is 51.0 cm³/mol. The maximum Gasteiger partial charge on any atom is 0.225 e. The number of hydrogen-bond acceptors (Lipinski definition) is 3. The zero-order valence-electron chi connectivity index (χ0n) is 7.54. The Balaban J connectivity index is 0.000000226. The Labute approximate surface area is 79.5 Å². The molecule has 1 aromatic carbocycles. The molecule has 74 valence electrons. The zero-order valence-corrected chi connectivity index (χ0v) is 8.44. The first kappa shape index (κ1) is 12.1. The lowest BCUT2D eigenvalue weighted by Crippen LogP contribution is -2.08. The van der Waals surface area contributed by atoms with Crippen molar-refractivity contribution in [1.82, 2.24) is 4.47 Å². The third-order valence-electron chi connectivity index (χ3n) is 1.18. The molecule has 0 aliphatic heterocycles. The van der Waals surface area contributed by atoms with Crippen LogP contribution in [0.2, 0.25) is 0 Å². The van der Waals surface area contributed by atoms with E-state index in [-0.39, 0.29) is 4.47 Å². The van der Waals surface area contributed by atoms with Crippen molar-refractivity contribution >= 4 is 10.9 Å². The summed E-state index contributed by atoms with van der Waals surface area (Å²) in [5.41, 5.74) is 1.32. The molecular weight excluding hydrogens is 190 g/mol. The maximum absolute atomic E-state index is 9.41. The molecule has 0 fully saturated rings. The second kappa shape index (κ2) is 6.59. The van der Waals surface area contributed by atoms with Crippen LogP contribution in [0, 0.1) is 6.92 Å². The van der Waals surface area contributed by atoms with Crippen LogP contribution >= 0.6 is 0 Å². The minimum absolute atomic E-state index is 0.120. The van der Waals surface area contributed by atoms with Crippen LogP contribution in [0.1, 0.15) is 5.56 Å². The quantitative estimate of drug-likeness (QED) is 0.525. The van der Waals surface area contributed by atoms with Gasteiger partial charge in [0, 0.05) is 7.05 Å². The summed E-state index contributed by atoms with van der Waals surface area (Å²) in [5.74, 6) is 0. The molecule has 1 N–H and O–H groups in total. The van der Waals surface area contributed by atoms with Crippen molar-refractivity contribution in [2.45, 2.75) is 6.92 Å². The molecule has 0 atom stereocenters. The van der Waals surface area contributed by atoms with Gasteiger partial charge in [-0.25, -0.2) is 8.42 Å². The van der Waals surface area contributed by atoms with Crippen molar-refractivity contribution in [2.75, 3.05) is 7.05 Å². The van der Waals surface area contributed by atoms with E-state index >= 15 is 0 Å². The molecule has 0 heterocycles. The molecule has 1 rings (SSSR count). The second-order valence-electron chi connectivity index (χ2n) is 2.38. The van der Waals surface area contributed by atoms with Gasteiger partial charge in [0.05, 0.1) is 0 Å². The number of aryl methyl sites for hydroxylation is 1. The summed E-state index contributed by atoms with van der Waals surface area (Å²) >= 11 is 0. The number of rotatable bonds is 1. The lowest BCUT2D eigenvalue weighted by Gasteiger charge is -1.89. The largest absolute Gasteiger partial charge is 0.300 e. The van der Waals surface area contributed by atoms with Gasteiger partial charge < -0.3 is 0 Å². The topological polar surface area (TPSA) is 57.6 Å². The Hall–Kier alpha value is -0.910. The van der Waals surface area contributed by atoms with E-state index in [9.17, 15) is 8.42 Å². The Morgan fingerprint density at radius 2 is 1.62 bits per heavy atom. The first-order chi connectivity index (χ1) is 6.04. The van der Waals surface area contributed by atoms with Crippen LogP contribution < -0.4 is 0 Å². The highest BCUT2D eigenvalue weighted by molar-refractivity contribution is 7.69. The Kier molecular flexibility index (Phi) is 6.13. The molecule has 0 aliphatic rings. The number of benzene rings is 1. The van der Waals surface area contributed by atoms with E-state index in [1.807, 2.05) is 18.2 Å².